The van der Waals surface area contributed by atoms with Gasteiger partial charge in [-0.15, -0.1) is 0 Å². The molecule has 1 amide bonds. The number of hydrogen-bond acceptors (Lipinski definition) is 2. The van der Waals surface area contributed by atoms with Crippen LogP contribution in [0.4, 0.5) is 0 Å². The van der Waals surface area contributed by atoms with Gasteiger partial charge in [0.2, 0.25) is 5.91 Å². The highest BCUT2D eigenvalue weighted by Crippen LogP contribution is 2.26. The van der Waals surface area contributed by atoms with Crippen LogP contribution in [0.25, 0.3) is 0 Å². The fraction of sp³-hybridized carbons (Fsp3) is 0.867. The Kier molecular flexibility index (Phi) is 6.32. The number of carboxylic acid groups (broad SMARTS) is 1. The average molecular weight is 269 g/mol. The van der Waals surface area contributed by atoms with Crippen LogP contribution >= 0.6 is 0 Å². The molecule has 1 aliphatic carbocycles. The van der Waals surface area contributed by atoms with Gasteiger partial charge < -0.3 is 10.4 Å². The van der Waals surface area contributed by atoms with E-state index in [0.29, 0.717) is 25.2 Å². The van der Waals surface area contributed by atoms with Crippen LogP contribution in [0, 0.1) is 5.92 Å². The molecular weight excluding hydrogens is 242 g/mol. The van der Waals surface area contributed by atoms with Gasteiger partial charge in [0, 0.05) is 6.42 Å². The third kappa shape index (κ3) is 4.51. The molecule has 0 radical (unpaired) electrons. The third-order valence-corrected chi connectivity index (χ3v) is 4.44. The highest BCUT2D eigenvalue weighted by Gasteiger charge is 2.36. The van der Waals surface area contributed by atoms with E-state index in [1.54, 1.807) is 0 Å². The van der Waals surface area contributed by atoms with Gasteiger partial charge in [-0.1, -0.05) is 39.5 Å². The van der Waals surface area contributed by atoms with Gasteiger partial charge in [0.15, 0.2) is 0 Å². The Morgan fingerprint density at radius 2 is 1.63 bits per heavy atom. The zero-order valence-electron chi connectivity index (χ0n) is 12.2. The lowest BCUT2D eigenvalue weighted by molar-refractivity contribution is -0.148. The Hall–Kier alpha value is -1.06. The number of carboxylic acids is 1. The van der Waals surface area contributed by atoms with E-state index in [1.807, 2.05) is 13.8 Å². The Bertz CT molecular complexity index is 303. The molecule has 0 aromatic rings. The van der Waals surface area contributed by atoms with Crippen molar-refractivity contribution in [2.75, 3.05) is 0 Å². The molecule has 0 spiro atoms. The second kappa shape index (κ2) is 7.51. The molecule has 0 aliphatic heterocycles. The molecule has 0 bridgehead atoms. The molecule has 0 heterocycles. The highest BCUT2D eigenvalue weighted by molar-refractivity contribution is 5.87. The molecule has 110 valence electrons. The van der Waals surface area contributed by atoms with Gasteiger partial charge >= 0.3 is 5.97 Å². The minimum atomic E-state index is -1.08. The Morgan fingerprint density at radius 3 is 2.05 bits per heavy atom. The van der Waals surface area contributed by atoms with Crippen molar-refractivity contribution < 1.29 is 14.7 Å². The predicted molar refractivity (Wildman–Crippen MR) is 74.9 cm³/mol. The molecule has 1 aliphatic rings. The predicted octanol–water partition coefficient (Wildman–Crippen LogP) is 3.11. The van der Waals surface area contributed by atoms with Crippen LogP contribution in [0.5, 0.6) is 0 Å². The Balaban J connectivity index is 2.54. The minimum Gasteiger partial charge on any atom is -0.480 e. The summed E-state index contributed by atoms with van der Waals surface area (Å²) in [5.41, 5.74) is -1.08. The van der Waals surface area contributed by atoms with Crippen LogP contribution in [0.3, 0.4) is 0 Å². The first-order chi connectivity index (χ1) is 9.04. The van der Waals surface area contributed by atoms with Gasteiger partial charge in [-0.25, -0.2) is 4.79 Å². The van der Waals surface area contributed by atoms with Crippen molar-refractivity contribution in [3.05, 3.63) is 0 Å². The molecule has 0 atom stereocenters. The topological polar surface area (TPSA) is 66.4 Å². The van der Waals surface area contributed by atoms with Crippen molar-refractivity contribution in [1.82, 2.24) is 5.32 Å². The second-order valence-corrected chi connectivity index (χ2v) is 5.70. The van der Waals surface area contributed by atoms with Crippen LogP contribution in [-0.4, -0.2) is 22.5 Å². The fourth-order valence-corrected chi connectivity index (χ4v) is 2.93. The summed E-state index contributed by atoms with van der Waals surface area (Å²) in [6.07, 6.45) is 8.46. The molecule has 1 fully saturated rings. The second-order valence-electron chi connectivity index (χ2n) is 5.70. The van der Waals surface area contributed by atoms with Crippen LogP contribution < -0.4 is 5.32 Å². The number of carbonyl (C=O) groups excluding carboxylic acids is 1. The van der Waals surface area contributed by atoms with Gasteiger partial charge in [0.05, 0.1) is 0 Å². The molecule has 0 unspecified atom stereocenters. The van der Waals surface area contributed by atoms with Crippen LogP contribution in [0.15, 0.2) is 0 Å². The number of hydrogen-bond donors (Lipinski definition) is 2. The summed E-state index contributed by atoms with van der Waals surface area (Å²) in [7, 11) is 0. The van der Waals surface area contributed by atoms with E-state index < -0.39 is 11.5 Å². The van der Waals surface area contributed by atoms with Crippen molar-refractivity contribution in [2.24, 2.45) is 5.92 Å². The minimum absolute atomic E-state index is 0.0991. The Labute approximate surface area is 116 Å². The summed E-state index contributed by atoms with van der Waals surface area (Å²) in [4.78, 5) is 23.4. The average Bonchev–Trinajstić information content (AvgIpc) is 2.64. The third-order valence-electron chi connectivity index (χ3n) is 4.44. The van der Waals surface area contributed by atoms with Gasteiger partial charge in [-0.05, 0) is 31.6 Å². The monoisotopic (exact) mass is 269 g/mol. The van der Waals surface area contributed by atoms with E-state index in [-0.39, 0.29) is 5.91 Å². The molecule has 1 saturated carbocycles. The largest absolute Gasteiger partial charge is 0.480 e. The van der Waals surface area contributed by atoms with Gasteiger partial charge in [0.25, 0.3) is 0 Å². The normalized spacial score (nSPS) is 17.8. The summed E-state index contributed by atoms with van der Waals surface area (Å²) >= 11 is 0. The summed E-state index contributed by atoms with van der Waals surface area (Å²) in [5, 5.41) is 12.1. The molecule has 19 heavy (non-hydrogen) atoms. The van der Waals surface area contributed by atoms with E-state index in [4.69, 9.17) is 0 Å². The molecule has 4 heteroatoms. The van der Waals surface area contributed by atoms with Crippen molar-refractivity contribution in [3.63, 3.8) is 0 Å². The number of carbonyl (C=O) groups is 2. The van der Waals surface area contributed by atoms with Crippen molar-refractivity contribution in [1.29, 1.82) is 0 Å². The van der Waals surface area contributed by atoms with Gasteiger partial charge in [0.1, 0.15) is 5.54 Å². The van der Waals surface area contributed by atoms with E-state index in [1.165, 1.54) is 25.7 Å². The molecule has 0 aromatic carbocycles. The van der Waals surface area contributed by atoms with Gasteiger partial charge in [-0.2, -0.15) is 0 Å². The quantitative estimate of drug-likeness (QED) is 0.728. The number of amides is 1. The van der Waals surface area contributed by atoms with E-state index in [2.05, 4.69) is 5.32 Å². The smallest absolute Gasteiger partial charge is 0.329 e. The molecule has 4 nitrogen and oxygen atoms in total. The maximum atomic E-state index is 12.1. The van der Waals surface area contributed by atoms with Crippen molar-refractivity contribution >= 4 is 11.9 Å². The van der Waals surface area contributed by atoms with E-state index in [9.17, 15) is 14.7 Å². The first-order valence-corrected chi connectivity index (χ1v) is 7.58. The number of rotatable bonds is 6. The molecule has 0 saturated heterocycles. The van der Waals surface area contributed by atoms with Crippen LogP contribution in [0.2, 0.25) is 0 Å². The summed E-state index contributed by atoms with van der Waals surface area (Å²) < 4.78 is 0. The molecule has 2 N–H and O–H groups in total. The maximum Gasteiger partial charge on any atom is 0.329 e. The number of nitrogens with one attached hydrogen (secondary N) is 1. The van der Waals surface area contributed by atoms with E-state index >= 15 is 0 Å². The molecular formula is C15H27NO3. The first-order valence-electron chi connectivity index (χ1n) is 7.58. The molecule has 0 aromatic heterocycles. The summed E-state index contributed by atoms with van der Waals surface area (Å²) in [5.74, 6) is -0.590. The Morgan fingerprint density at radius 1 is 1.11 bits per heavy atom. The van der Waals surface area contributed by atoms with Crippen LogP contribution in [-0.2, 0) is 9.59 Å². The highest BCUT2D eigenvalue weighted by atomic mass is 16.4. The molecule has 1 rings (SSSR count). The lowest BCUT2D eigenvalue weighted by Gasteiger charge is -2.28. The zero-order chi connectivity index (χ0) is 14.3. The lowest BCUT2D eigenvalue weighted by Crippen LogP contribution is -2.54. The standard InChI is InChI=1S/C15H27NO3/c1-3-15(4-2,14(18)19)16-13(17)11-12-9-7-5-6-8-10-12/h12H,3-11H2,1-2H3,(H,16,17)(H,18,19). The van der Waals surface area contributed by atoms with Crippen molar-refractivity contribution in [3.8, 4) is 0 Å². The van der Waals surface area contributed by atoms with Crippen molar-refractivity contribution in [2.45, 2.75) is 77.2 Å². The van der Waals surface area contributed by atoms with Crippen LogP contribution in [0.1, 0.15) is 71.6 Å². The lowest BCUT2D eigenvalue weighted by atomic mass is 9.91. The first kappa shape index (κ1) is 16.0. The SMILES string of the molecule is CCC(CC)(NC(=O)CC1CCCCCC1)C(=O)O. The number of aliphatic carboxylic acids is 1. The maximum absolute atomic E-state index is 12.1. The summed E-state index contributed by atoms with van der Waals surface area (Å²) in [6, 6.07) is 0. The fourth-order valence-electron chi connectivity index (χ4n) is 2.93. The van der Waals surface area contributed by atoms with Gasteiger partial charge in [-0.3, -0.25) is 4.79 Å². The summed E-state index contributed by atoms with van der Waals surface area (Å²) in [6.45, 7) is 3.62. The zero-order valence-corrected chi connectivity index (χ0v) is 12.2. The van der Waals surface area contributed by atoms with E-state index in [0.717, 1.165) is 12.8 Å².